The van der Waals surface area contributed by atoms with Crippen LogP contribution in [0.1, 0.15) is 62.8 Å². The van der Waals surface area contributed by atoms with Gasteiger partial charge < -0.3 is 15.0 Å². The van der Waals surface area contributed by atoms with Crippen molar-refractivity contribution in [3.63, 3.8) is 0 Å². The monoisotopic (exact) mass is 251 g/mol. The average molecular weight is 251 g/mol. The van der Waals surface area contributed by atoms with Gasteiger partial charge in [0.2, 0.25) is 11.7 Å². The molecule has 0 bridgehead atoms. The molecule has 2 N–H and O–H groups in total. The van der Waals surface area contributed by atoms with Crippen LogP contribution in [-0.4, -0.2) is 22.8 Å². The highest BCUT2D eigenvalue weighted by Crippen LogP contribution is 2.43. The van der Waals surface area contributed by atoms with E-state index in [2.05, 4.69) is 10.1 Å². The first-order chi connectivity index (χ1) is 8.78. The fourth-order valence-electron chi connectivity index (χ4n) is 2.77. The number of hydrogen-bond donors (Lipinski definition) is 1. The Balaban J connectivity index is 1.71. The minimum Gasteiger partial charge on any atom is -0.370 e. The van der Waals surface area contributed by atoms with Gasteiger partial charge in [-0.3, -0.25) is 0 Å². The third-order valence-electron chi connectivity index (χ3n) is 3.93. The Morgan fingerprint density at radius 1 is 1.39 bits per heavy atom. The van der Waals surface area contributed by atoms with Crippen molar-refractivity contribution in [3.05, 3.63) is 11.7 Å². The Hall–Kier alpha value is -0.940. The van der Waals surface area contributed by atoms with E-state index in [9.17, 15) is 0 Å². The number of ether oxygens (including phenoxy) is 1. The molecule has 1 aromatic rings. The highest BCUT2D eigenvalue weighted by atomic mass is 16.5. The van der Waals surface area contributed by atoms with Crippen molar-refractivity contribution in [1.82, 2.24) is 10.1 Å². The molecule has 1 aromatic heterocycles. The summed E-state index contributed by atoms with van der Waals surface area (Å²) in [6, 6.07) is 0.288. The lowest BCUT2D eigenvalue weighted by molar-refractivity contribution is 0.0384. The molecular weight excluding hydrogens is 230 g/mol. The molecule has 0 radical (unpaired) electrons. The van der Waals surface area contributed by atoms with E-state index in [-0.39, 0.29) is 12.1 Å². The zero-order valence-corrected chi connectivity index (χ0v) is 10.8. The molecule has 0 aromatic carbocycles. The van der Waals surface area contributed by atoms with E-state index in [1.165, 1.54) is 12.8 Å². The number of hydrogen-bond acceptors (Lipinski definition) is 5. The van der Waals surface area contributed by atoms with E-state index in [1.807, 2.05) is 6.92 Å². The average Bonchev–Trinajstić information content (AvgIpc) is 2.91. The summed E-state index contributed by atoms with van der Waals surface area (Å²) in [5, 5.41) is 4.11. The van der Waals surface area contributed by atoms with Crippen LogP contribution >= 0.6 is 0 Å². The summed E-state index contributed by atoms with van der Waals surface area (Å²) in [6.45, 7) is 2.70. The maximum absolute atomic E-state index is 5.92. The van der Waals surface area contributed by atoms with Crippen LogP contribution in [0.25, 0.3) is 0 Å². The Bertz CT molecular complexity index is 403. The number of rotatable bonds is 5. The third kappa shape index (κ3) is 2.42. The number of nitrogens with two attached hydrogens (primary N) is 1. The van der Waals surface area contributed by atoms with E-state index in [0.717, 1.165) is 31.0 Å². The minimum atomic E-state index is 0.0302. The second-order valence-electron chi connectivity index (χ2n) is 5.47. The molecule has 0 aliphatic heterocycles. The first-order valence-corrected chi connectivity index (χ1v) is 6.98. The molecule has 18 heavy (non-hydrogen) atoms. The molecule has 2 aliphatic carbocycles. The normalized spacial score (nSPS) is 29.7. The first kappa shape index (κ1) is 12.1. The van der Waals surface area contributed by atoms with Gasteiger partial charge in [-0.1, -0.05) is 5.16 Å². The smallest absolute Gasteiger partial charge is 0.229 e. The molecule has 5 heteroatoms. The maximum atomic E-state index is 5.92. The van der Waals surface area contributed by atoms with Gasteiger partial charge in [0.1, 0.15) is 6.10 Å². The summed E-state index contributed by atoms with van der Waals surface area (Å²) in [5.41, 5.74) is 5.92. The topological polar surface area (TPSA) is 74.2 Å². The lowest BCUT2D eigenvalue weighted by Gasteiger charge is -2.11. The Kier molecular flexibility index (Phi) is 3.35. The van der Waals surface area contributed by atoms with E-state index >= 15 is 0 Å². The summed E-state index contributed by atoms with van der Waals surface area (Å²) in [7, 11) is 0. The van der Waals surface area contributed by atoms with Crippen LogP contribution in [0.4, 0.5) is 0 Å². The van der Waals surface area contributed by atoms with Crippen LogP contribution in [0.5, 0.6) is 0 Å². The summed E-state index contributed by atoms with van der Waals surface area (Å²) < 4.78 is 11.1. The van der Waals surface area contributed by atoms with Gasteiger partial charge in [0, 0.05) is 18.6 Å². The van der Waals surface area contributed by atoms with Crippen LogP contribution in [0.3, 0.4) is 0 Å². The molecule has 0 spiro atoms. The number of nitrogens with zero attached hydrogens (tertiary/aromatic N) is 2. The highest BCUT2D eigenvalue weighted by molar-refractivity contribution is 5.03. The Morgan fingerprint density at radius 2 is 2.22 bits per heavy atom. The predicted molar refractivity (Wildman–Crippen MR) is 66.0 cm³/mol. The fourth-order valence-corrected chi connectivity index (χ4v) is 2.77. The van der Waals surface area contributed by atoms with Gasteiger partial charge in [-0.15, -0.1) is 0 Å². The molecule has 3 rings (SSSR count). The molecule has 5 nitrogen and oxygen atoms in total. The minimum absolute atomic E-state index is 0.0302. The van der Waals surface area contributed by atoms with Crippen molar-refractivity contribution in [2.45, 2.75) is 57.1 Å². The zero-order valence-electron chi connectivity index (χ0n) is 10.8. The first-order valence-electron chi connectivity index (χ1n) is 6.98. The largest absolute Gasteiger partial charge is 0.370 e. The van der Waals surface area contributed by atoms with Gasteiger partial charge in [0.05, 0.1) is 0 Å². The summed E-state index contributed by atoms with van der Waals surface area (Å²) in [4.78, 5) is 4.55. The van der Waals surface area contributed by atoms with Crippen molar-refractivity contribution in [2.75, 3.05) is 6.61 Å². The molecule has 3 atom stereocenters. The molecule has 2 saturated carbocycles. The molecule has 0 saturated heterocycles. The van der Waals surface area contributed by atoms with Crippen LogP contribution in [-0.2, 0) is 4.74 Å². The van der Waals surface area contributed by atoms with Crippen molar-refractivity contribution in [1.29, 1.82) is 0 Å². The molecule has 1 heterocycles. The van der Waals surface area contributed by atoms with Crippen molar-refractivity contribution in [3.8, 4) is 0 Å². The lowest BCUT2D eigenvalue weighted by atomic mass is 10.1. The second-order valence-corrected chi connectivity index (χ2v) is 5.47. The van der Waals surface area contributed by atoms with Gasteiger partial charge in [0.15, 0.2) is 0 Å². The Labute approximate surface area is 107 Å². The molecule has 2 fully saturated rings. The SMILES string of the molecule is CCOC(c1noc(C2CCC(N)C2)n1)C1CC1. The number of aromatic nitrogens is 2. The van der Waals surface area contributed by atoms with Crippen LogP contribution in [0.15, 0.2) is 4.52 Å². The summed E-state index contributed by atoms with van der Waals surface area (Å²) in [6.07, 6.45) is 5.53. The fraction of sp³-hybridized carbons (Fsp3) is 0.846. The standard InChI is InChI=1S/C13H21N3O2/c1-2-17-11(8-3-4-8)12-15-13(18-16-12)9-5-6-10(14)7-9/h8-11H,2-7,14H2,1H3. The van der Waals surface area contributed by atoms with Crippen molar-refractivity contribution in [2.24, 2.45) is 11.7 Å². The Morgan fingerprint density at radius 3 is 2.83 bits per heavy atom. The lowest BCUT2D eigenvalue weighted by Crippen LogP contribution is -2.14. The second kappa shape index (κ2) is 4.97. The van der Waals surface area contributed by atoms with Gasteiger partial charge in [-0.2, -0.15) is 4.98 Å². The quantitative estimate of drug-likeness (QED) is 0.868. The predicted octanol–water partition coefficient (Wildman–Crippen LogP) is 2.15. The molecule has 2 aliphatic rings. The van der Waals surface area contributed by atoms with E-state index in [0.29, 0.717) is 18.4 Å². The van der Waals surface area contributed by atoms with Crippen molar-refractivity contribution < 1.29 is 9.26 Å². The maximum Gasteiger partial charge on any atom is 0.229 e. The van der Waals surface area contributed by atoms with Gasteiger partial charge in [-0.25, -0.2) is 0 Å². The van der Waals surface area contributed by atoms with Gasteiger partial charge in [-0.05, 0) is 44.9 Å². The molecular formula is C13H21N3O2. The highest BCUT2D eigenvalue weighted by Gasteiger charge is 2.37. The van der Waals surface area contributed by atoms with Crippen LogP contribution in [0.2, 0.25) is 0 Å². The summed E-state index contributed by atoms with van der Waals surface area (Å²) in [5.74, 6) is 2.42. The zero-order chi connectivity index (χ0) is 12.5. The third-order valence-corrected chi connectivity index (χ3v) is 3.93. The van der Waals surface area contributed by atoms with Crippen LogP contribution < -0.4 is 5.73 Å². The van der Waals surface area contributed by atoms with Gasteiger partial charge >= 0.3 is 0 Å². The summed E-state index contributed by atoms with van der Waals surface area (Å²) >= 11 is 0. The van der Waals surface area contributed by atoms with Crippen molar-refractivity contribution >= 4 is 0 Å². The van der Waals surface area contributed by atoms with Gasteiger partial charge in [0.25, 0.3) is 0 Å². The molecule has 100 valence electrons. The van der Waals surface area contributed by atoms with E-state index in [1.54, 1.807) is 0 Å². The van der Waals surface area contributed by atoms with E-state index < -0.39 is 0 Å². The van der Waals surface area contributed by atoms with Crippen LogP contribution in [0, 0.1) is 5.92 Å². The molecule has 0 amide bonds. The van der Waals surface area contributed by atoms with E-state index in [4.69, 9.17) is 15.0 Å². The molecule has 3 unspecified atom stereocenters.